The summed E-state index contributed by atoms with van der Waals surface area (Å²) in [7, 11) is -3.75. The first kappa shape index (κ1) is 25.3. The number of sulfonamides is 1. The van der Waals surface area contributed by atoms with Crippen LogP contribution in [-0.2, 0) is 14.8 Å². The molecule has 1 heterocycles. The van der Waals surface area contributed by atoms with Crippen molar-refractivity contribution in [1.29, 1.82) is 0 Å². The number of hydrogen-bond acceptors (Lipinski definition) is 5. The number of anilines is 1. The summed E-state index contributed by atoms with van der Waals surface area (Å²) < 4.78 is 33.4. The Balaban J connectivity index is 1.76. The van der Waals surface area contributed by atoms with Gasteiger partial charge in [-0.25, -0.2) is 13.8 Å². The first-order valence-electron chi connectivity index (χ1n) is 10.6. The second kappa shape index (κ2) is 10.8. The Bertz CT molecular complexity index is 1300. The summed E-state index contributed by atoms with van der Waals surface area (Å²) in [6, 6.07) is 16.1. The van der Waals surface area contributed by atoms with Gasteiger partial charge in [0.15, 0.2) is 0 Å². The molecule has 0 atom stereocenters. The van der Waals surface area contributed by atoms with Crippen LogP contribution in [-0.4, -0.2) is 44.5 Å². The molecular formula is C24H27ClN4O4S. The number of carbonyl (C=O) groups excluding carboxylic acids is 1. The fourth-order valence-electron chi connectivity index (χ4n) is 3.57. The molecular weight excluding hydrogens is 476 g/mol. The third-order valence-corrected chi connectivity index (χ3v) is 6.45. The van der Waals surface area contributed by atoms with Crippen molar-refractivity contribution in [2.24, 2.45) is 5.10 Å². The van der Waals surface area contributed by atoms with Gasteiger partial charge in [-0.15, -0.1) is 0 Å². The maximum Gasteiger partial charge on any atom is 0.260 e. The van der Waals surface area contributed by atoms with Crippen LogP contribution in [0.3, 0.4) is 0 Å². The number of ether oxygens (including phenoxy) is 1. The molecule has 180 valence electrons. The van der Waals surface area contributed by atoms with Crippen molar-refractivity contribution in [3.63, 3.8) is 0 Å². The summed E-state index contributed by atoms with van der Waals surface area (Å²) in [5.74, 6) is -0.208. The Morgan fingerprint density at radius 1 is 1.18 bits per heavy atom. The number of nitrogens with one attached hydrogen (secondary N) is 1. The van der Waals surface area contributed by atoms with Gasteiger partial charge in [-0.2, -0.15) is 5.10 Å². The molecule has 0 spiro atoms. The molecule has 1 aromatic heterocycles. The molecule has 0 bridgehead atoms. The minimum atomic E-state index is -3.75. The number of amides is 1. The number of para-hydroxylation sites is 2. The van der Waals surface area contributed by atoms with E-state index in [9.17, 15) is 13.2 Å². The summed E-state index contributed by atoms with van der Waals surface area (Å²) in [6.45, 7) is 5.63. The molecule has 0 saturated carbocycles. The highest BCUT2D eigenvalue weighted by atomic mass is 35.5. The summed E-state index contributed by atoms with van der Waals surface area (Å²) in [4.78, 5) is 12.6. The fourth-order valence-corrected chi connectivity index (χ4v) is 4.55. The molecule has 0 unspecified atom stereocenters. The molecule has 34 heavy (non-hydrogen) atoms. The summed E-state index contributed by atoms with van der Waals surface area (Å²) >= 11 is 5.99. The minimum absolute atomic E-state index is 0.289. The van der Waals surface area contributed by atoms with Gasteiger partial charge in [0.25, 0.3) is 5.91 Å². The Kier molecular flexibility index (Phi) is 8.01. The summed E-state index contributed by atoms with van der Waals surface area (Å²) in [6.07, 6.45) is 2.57. The van der Waals surface area contributed by atoms with Crippen molar-refractivity contribution in [2.75, 3.05) is 23.7 Å². The second-order valence-electron chi connectivity index (χ2n) is 7.60. The van der Waals surface area contributed by atoms with Crippen molar-refractivity contribution in [3.05, 3.63) is 76.6 Å². The first-order chi connectivity index (χ1) is 16.1. The van der Waals surface area contributed by atoms with Crippen molar-refractivity contribution in [3.8, 4) is 11.4 Å². The predicted octanol–water partition coefficient (Wildman–Crippen LogP) is 4.06. The Morgan fingerprint density at radius 3 is 2.50 bits per heavy atom. The first-order valence-corrected chi connectivity index (χ1v) is 12.8. The van der Waals surface area contributed by atoms with Gasteiger partial charge in [0.1, 0.15) is 12.3 Å². The number of aromatic nitrogens is 1. The Morgan fingerprint density at radius 2 is 1.85 bits per heavy atom. The Labute approximate surface area is 204 Å². The van der Waals surface area contributed by atoms with Crippen LogP contribution in [0.1, 0.15) is 23.9 Å². The third-order valence-electron chi connectivity index (χ3n) is 5.07. The molecule has 0 aliphatic rings. The molecule has 0 radical (unpaired) electrons. The van der Waals surface area contributed by atoms with Gasteiger partial charge in [-0.3, -0.25) is 9.10 Å². The van der Waals surface area contributed by atoms with Crippen LogP contribution in [0.15, 0.2) is 59.7 Å². The number of hydrazone groups is 1. The van der Waals surface area contributed by atoms with Crippen molar-refractivity contribution in [2.45, 2.75) is 20.8 Å². The van der Waals surface area contributed by atoms with Crippen molar-refractivity contribution in [1.82, 2.24) is 9.99 Å². The highest BCUT2D eigenvalue weighted by Crippen LogP contribution is 2.29. The summed E-state index contributed by atoms with van der Waals surface area (Å²) in [5.41, 5.74) is 6.40. The molecule has 10 heteroatoms. The number of benzene rings is 2. The average molecular weight is 503 g/mol. The van der Waals surface area contributed by atoms with E-state index in [1.165, 1.54) is 6.21 Å². The normalized spacial score (nSPS) is 11.6. The van der Waals surface area contributed by atoms with Crippen LogP contribution in [0, 0.1) is 13.8 Å². The molecule has 0 fully saturated rings. The van der Waals surface area contributed by atoms with Crippen LogP contribution in [0.2, 0.25) is 5.02 Å². The molecule has 1 amide bonds. The maximum absolute atomic E-state index is 12.6. The molecule has 2 aromatic carbocycles. The second-order valence-corrected chi connectivity index (χ2v) is 9.95. The Hall–Kier alpha value is -3.30. The highest BCUT2D eigenvalue weighted by molar-refractivity contribution is 7.92. The van der Waals surface area contributed by atoms with Gasteiger partial charge in [-0.05, 0) is 63.2 Å². The fraction of sp³-hybridized carbons (Fsp3) is 0.250. The lowest BCUT2D eigenvalue weighted by Gasteiger charge is -2.23. The van der Waals surface area contributed by atoms with Gasteiger partial charge >= 0.3 is 0 Å². The third kappa shape index (κ3) is 5.98. The maximum atomic E-state index is 12.6. The van der Waals surface area contributed by atoms with E-state index in [-0.39, 0.29) is 5.69 Å². The molecule has 8 nitrogen and oxygen atoms in total. The van der Waals surface area contributed by atoms with E-state index in [4.69, 9.17) is 16.3 Å². The van der Waals surface area contributed by atoms with Gasteiger partial charge in [0.2, 0.25) is 10.0 Å². The number of carbonyl (C=O) groups is 1. The lowest BCUT2D eigenvalue weighted by atomic mass is 10.2. The van der Waals surface area contributed by atoms with Gasteiger partial charge in [-0.1, -0.05) is 23.7 Å². The summed E-state index contributed by atoms with van der Waals surface area (Å²) in [5, 5.41) is 4.70. The van der Waals surface area contributed by atoms with E-state index in [0.717, 1.165) is 33.2 Å². The topological polar surface area (TPSA) is 93.0 Å². The largest absolute Gasteiger partial charge is 0.492 e. The number of rotatable bonds is 9. The smallest absolute Gasteiger partial charge is 0.260 e. The standard InChI is InChI=1S/C24H27ClN4O4S/c1-5-33-23-9-7-6-8-22(23)28(34(4,31)32)16-24(30)27-26-15-19-14-17(2)29(18(19)3)21-12-10-20(25)11-13-21/h6-15H,5,16H2,1-4H3,(H,27,30)/b26-15-. The number of nitrogens with zero attached hydrogens (tertiary/aromatic N) is 3. The van der Waals surface area contributed by atoms with E-state index < -0.39 is 22.5 Å². The minimum Gasteiger partial charge on any atom is -0.492 e. The van der Waals surface area contributed by atoms with E-state index in [1.807, 2.05) is 44.2 Å². The average Bonchev–Trinajstić information content (AvgIpc) is 3.06. The lowest BCUT2D eigenvalue weighted by Crippen LogP contribution is -2.39. The zero-order chi connectivity index (χ0) is 24.9. The van der Waals surface area contributed by atoms with Crippen LogP contribution in [0.25, 0.3) is 5.69 Å². The van der Waals surface area contributed by atoms with Gasteiger partial charge < -0.3 is 9.30 Å². The number of hydrogen-bond donors (Lipinski definition) is 1. The lowest BCUT2D eigenvalue weighted by molar-refractivity contribution is -0.119. The molecule has 0 saturated heterocycles. The van der Waals surface area contributed by atoms with Gasteiger partial charge in [0, 0.05) is 27.7 Å². The zero-order valence-electron chi connectivity index (χ0n) is 19.4. The van der Waals surface area contributed by atoms with E-state index >= 15 is 0 Å². The molecule has 1 N–H and O–H groups in total. The predicted molar refractivity (Wildman–Crippen MR) is 136 cm³/mol. The highest BCUT2D eigenvalue weighted by Gasteiger charge is 2.23. The molecule has 3 rings (SSSR count). The van der Waals surface area contributed by atoms with Crippen molar-refractivity contribution < 1.29 is 17.9 Å². The van der Waals surface area contributed by atoms with Crippen molar-refractivity contribution >= 4 is 39.4 Å². The van der Waals surface area contributed by atoms with Crippen LogP contribution >= 0.6 is 11.6 Å². The number of halogens is 1. The van der Waals surface area contributed by atoms with E-state index in [2.05, 4.69) is 15.1 Å². The van der Waals surface area contributed by atoms with Crippen LogP contribution in [0.5, 0.6) is 5.75 Å². The van der Waals surface area contributed by atoms with Crippen LogP contribution in [0.4, 0.5) is 5.69 Å². The zero-order valence-corrected chi connectivity index (χ0v) is 21.0. The van der Waals surface area contributed by atoms with Crippen LogP contribution < -0.4 is 14.5 Å². The molecule has 3 aromatic rings. The van der Waals surface area contributed by atoms with E-state index in [1.54, 1.807) is 31.2 Å². The SMILES string of the molecule is CCOc1ccccc1N(CC(=O)N/N=C\c1cc(C)n(-c2ccc(Cl)cc2)c1C)S(C)(=O)=O. The number of aryl methyl sites for hydroxylation is 1. The molecule has 0 aliphatic carbocycles. The monoisotopic (exact) mass is 502 g/mol. The van der Waals surface area contributed by atoms with E-state index in [0.29, 0.717) is 17.4 Å². The van der Waals surface area contributed by atoms with Gasteiger partial charge in [0.05, 0.1) is 24.8 Å². The molecule has 0 aliphatic heterocycles. The quantitative estimate of drug-likeness (QED) is 0.352.